The van der Waals surface area contributed by atoms with E-state index in [4.69, 9.17) is 0 Å². The molecule has 0 radical (unpaired) electrons. The third-order valence-electron chi connectivity index (χ3n) is 7.98. The smallest absolute Gasteiger partial charge is 0.254 e. The second-order valence-corrected chi connectivity index (χ2v) is 10.4. The van der Waals surface area contributed by atoms with Crippen molar-refractivity contribution in [2.45, 2.75) is 31.9 Å². The van der Waals surface area contributed by atoms with Crippen molar-refractivity contribution in [2.24, 2.45) is 5.92 Å². The molecule has 0 spiro atoms. The molecule has 1 N–H and O–H groups in total. The van der Waals surface area contributed by atoms with Crippen LogP contribution in [0.15, 0.2) is 85.2 Å². The highest BCUT2D eigenvalue weighted by atomic mass is 19.1. The van der Waals surface area contributed by atoms with Crippen LogP contribution in [-0.2, 0) is 13.0 Å². The Balaban J connectivity index is 1.14. The maximum atomic E-state index is 13.7. The van der Waals surface area contributed by atoms with Crippen LogP contribution in [-0.4, -0.2) is 45.5 Å². The van der Waals surface area contributed by atoms with Gasteiger partial charge in [0.25, 0.3) is 5.91 Å². The third-order valence-corrected chi connectivity index (χ3v) is 7.98. The van der Waals surface area contributed by atoms with E-state index in [9.17, 15) is 14.3 Å². The van der Waals surface area contributed by atoms with E-state index in [2.05, 4.69) is 27.0 Å². The SMILES string of the molecule is O=C(c1ccc(-c2ccccc2)cc1)N1CCc2ncnc(N3CCC(C(O)c4cccc(F)c4)CC3)c2C1. The fourth-order valence-electron chi connectivity index (χ4n) is 5.78. The number of piperidine rings is 1. The van der Waals surface area contributed by atoms with Crippen molar-refractivity contribution in [3.63, 3.8) is 0 Å². The van der Waals surface area contributed by atoms with Gasteiger partial charge in [-0.15, -0.1) is 0 Å². The van der Waals surface area contributed by atoms with Gasteiger partial charge in [0.05, 0.1) is 18.3 Å². The van der Waals surface area contributed by atoms with Crippen LogP contribution in [0.4, 0.5) is 10.2 Å². The molecule has 6 rings (SSSR count). The van der Waals surface area contributed by atoms with Crippen LogP contribution in [0, 0.1) is 11.7 Å². The van der Waals surface area contributed by atoms with Gasteiger partial charge in [0.15, 0.2) is 0 Å². The molecule has 4 aromatic rings. The summed E-state index contributed by atoms with van der Waals surface area (Å²) < 4.78 is 13.7. The van der Waals surface area contributed by atoms with E-state index >= 15 is 0 Å². The van der Waals surface area contributed by atoms with Crippen molar-refractivity contribution in [1.29, 1.82) is 0 Å². The van der Waals surface area contributed by atoms with Gasteiger partial charge in [-0.25, -0.2) is 14.4 Å². The molecule has 39 heavy (non-hydrogen) atoms. The van der Waals surface area contributed by atoms with E-state index in [1.165, 1.54) is 12.1 Å². The van der Waals surface area contributed by atoms with E-state index in [-0.39, 0.29) is 17.6 Å². The van der Waals surface area contributed by atoms with Gasteiger partial charge in [-0.2, -0.15) is 0 Å². The van der Waals surface area contributed by atoms with Gasteiger partial charge in [0.2, 0.25) is 0 Å². The number of anilines is 1. The van der Waals surface area contributed by atoms with Gasteiger partial charge < -0.3 is 14.9 Å². The first-order valence-electron chi connectivity index (χ1n) is 13.5. The highest BCUT2D eigenvalue weighted by Crippen LogP contribution is 2.34. The van der Waals surface area contributed by atoms with Crippen molar-refractivity contribution in [1.82, 2.24) is 14.9 Å². The molecule has 3 aromatic carbocycles. The first kappa shape index (κ1) is 25.2. The summed E-state index contributed by atoms with van der Waals surface area (Å²) in [4.78, 5) is 26.7. The van der Waals surface area contributed by atoms with Crippen LogP contribution < -0.4 is 4.90 Å². The minimum absolute atomic E-state index is 0.00647. The summed E-state index contributed by atoms with van der Waals surface area (Å²) in [6.07, 6.45) is 3.15. The lowest BCUT2D eigenvalue weighted by Gasteiger charge is -2.37. The quantitative estimate of drug-likeness (QED) is 0.379. The number of rotatable bonds is 5. The molecule has 6 nitrogen and oxygen atoms in total. The van der Waals surface area contributed by atoms with Gasteiger partial charge in [-0.1, -0.05) is 54.6 Å². The van der Waals surface area contributed by atoms with Crippen LogP contribution in [0.5, 0.6) is 0 Å². The Morgan fingerprint density at radius 3 is 2.38 bits per heavy atom. The fourth-order valence-corrected chi connectivity index (χ4v) is 5.78. The van der Waals surface area contributed by atoms with Crippen molar-refractivity contribution in [3.8, 4) is 11.1 Å². The van der Waals surface area contributed by atoms with Crippen molar-refractivity contribution in [3.05, 3.63) is 113 Å². The van der Waals surface area contributed by atoms with Gasteiger partial charge in [0.1, 0.15) is 18.0 Å². The number of carbonyl (C=O) groups is 1. The minimum Gasteiger partial charge on any atom is -0.388 e. The van der Waals surface area contributed by atoms with Crippen molar-refractivity contribution < 1.29 is 14.3 Å². The molecular formula is C32H31FN4O2. The number of hydrogen-bond donors (Lipinski definition) is 1. The van der Waals surface area contributed by atoms with E-state index in [0.717, 1.165) is 54.1 Å². The molecule has 198 valence electrons. The second kappa shape index (κ2) is 10.9. The second-order valence-electron chi connectivity index (χ2n) is 10.4. The number of fused-ring (bicyclic) bond motifs is 1. The molecule has 1 aromatic heterocycles. The van der Waals surface area contributed by atoms with Gasteiger partial charge in [-0.3, -0.25) is 4.79 Å². The number of nitrogens with zero attached hydrogens (tertiary/aromatic N) is 4. The third kappa shape index (κ3) is 5.27. The lowest BCUT2D eigenvalue weighted by molar-refractivity contribution is 0.0733. The maximum Gasteiger partial charge on any atom is 0.254 e. The predicted molar refractivity (Wildman–Crippen MR) is 149 cm³/mol. The van der Waals surface area contributed by atoms with Crippen LogP contribution in [0.3, 0.4) is 0 Å². The number of aliphatic hydroxyl groups excluding tert-OH is 1. The van der Waals surface area contributed by atoms with Gasteiger partial charge in [-0.05, 0) is 59.7 Å². The van der Waals surface area contributed by atoms with Crippen molar-refractivity contribution >= 4 is 11.7 Å². The molecule has 7 heteroatoms. The summed E-state index contributed by atoms with van der Waals surface area (Å²) in [5, 5.41) is 10.8. The van der Waals surface area contributed by atoms with E-state index in [1.807, 2.05) is 47.4 Å². The first-order chi connectivity index (χ1) is 19.1. The Bertz CT molecular complexity index is 1450. The van der Waals surface area contributed by atoms with E-state index < -0.39 is 6.10 Å². The molecular weight excluding hydrogens is 491 g/mol. The number of amides is 1. The van der Waals surface area contributed by atoms with E-state index in [0.29, 0.717) is 30.6 Å². The molecule has 1 atom stereocenters. The van der Waals surface area contributed by atoms with Crippen LogP contribution in [0.2, 0.25) is 0 Å². The highest BCUT2D eigenvalue weighted by Gasteiger charge is 2.31. The molecule has 0 aliphatic carbocycles. The standard InChI is InChI=1S/C32H31FN4O2/c33-27-8-4-7-26(19-27)30(38)24-13-16-36(17-14-24)31-28-20-37(18-15-29(28)34-21-35-31)32(39)25-11-9-23(10-12-25)22-5-2-1-3-6-22/h1-12,19,21,24,30,38H,13-18,20H2. The maximum absolute atomic E-state index is 13.7. The molecule has 0 bridgehead atoms. The Morgan fingerprint density at radius 2 is 1.64 bits per heavy atom. The molecule has 1 fully saturated rings. The van der Waals surface area contributed by atoms with Crippen molar-refractivity contribution in [2.75, 3.05) is 24.5 Å². The largest absolute Gasteiger partial charge is 0.388 e. The number of carbonyl (C=O) groups excluding carboxylic acids is 1. The monoisotopic (exact) mass is 522 g/mol. The number of aromatic nitrogens is 2. The summed E-state index contributed by atoms with van der Waals surface area (Å²) in [6.45, 7) is 2.55. The minimum atomic E-state index is -0.691. The average molecular weight is 523 g/mol. The molecule has 1 amide bonds. The summed E-state index contributed by atoms with van der Waals surface area (Å²) in [5.74, 6) is 0.600. The van der Waals surface area contributed by atoms with Crippen LogP contribution >= 0.6 is 0 Å². The fraction of sp³-hybridized carbons (Fsp3) is 0.281. The molecule has 1 unspecified atom stereocenters. The van der Waals surface area contributed by atoms with E-state index in [1.54, 1.807) is 18.5 Å². The van der Waals surface area contributed by atoms with Gasteiger partial charge >= 0.3 is 0 Å². The molecule has 2 aliphatic rings. The summed E-state index contributed by atoms with van der Waals surface area (Å²) in [5.41, 5.74) is 5.49. The number of halogens is 1. The summed E-state index contributed by atoms with van der Waals surface area (Å²) in [6, 6.07) is 24.2. The lowest BCUT2D eigenvalue weighted by Crippen LogP contribution is -2.40. The Labute approximate surface area is 227 Å². The van der Waals surface area contributed by atoms with Crippen LogP contribution in [0.25, 0.3) is 11.1 Å². The molecule has 3 heterocycles. The number of benzene rings is 3. The lowest BCUT2D eigenvalue weighted by atomic mass is 9.87. The zero-order valence-electron chi connectivity index (χ0n) is 21.7. The number of hydrogen-bond acceptors (Lipinski definition) is 5. The van der Waals surface area contributed by atoms with Gasteiger partial charge in [0, 0.05) is 37.2 Å². The average Bonchev–Trinajstić information content (AvgIpc) is 3.00. The summed E-state index contributed by atoms with van der Waals surface area (Å²) in [7, 11) is 0. The predicted octanol–water partition coefficient (Wildman–Crippen LogP) is 5.43. The van der Waals surface area contributed by atoms with Crippen LogP contribution in [0.1, 0.15) is 46.1 Å². The topological polar surface area (TPSA) is 69.6 Å². The zero-order chi connectivity index (χ0) is 26.8. The zero-order valence-corrected chi connectivity index (χ0v) is 21.7. The first-order valence-corrected chi connectivity index (χ1v) is 13.5. The summed E-state index contributed by atoms with van der Waals surface area (Å²) >= 11 is 0. The normalized spacial score (nSPS) is 16.6. The molecule has 0 saturated carbocycles. The molecule has 1 saturated heterocycles. The Hall–Kier alpha value is -4.10. The molecule has 2 aliphatic heterocycles. The number of aliphatic hydroxyl groups is 1. The highest BCUT2D eigenvalue weighted by molar-refractivity contribution is 5.95. The Morgan fingerprint density at radius 1 is 0.897 bits per heavy atom. The Kier molecular flexibility index (Phi) is 7.07.